The fourth-order valence-corrected chi connectivity index (χ4v) is 3.94. The van der Waals surface area contributed by atoms with Gasteiger partial charge in [-0.3, -0.25) is 4.79 Å². The molecule has 2 rings (SSSR count). The highest BCUT2D eigenvalue weighted by Gasteiger charge is 2.12. The van der Waals surface area contributed by atoms with Gasteiger partial charge in [0.2, 0.25) is 0 Å². The topological polar surface area (TPSA) is 55.1 Å². The summed E-state index contributed by atoms with van der Waals surface area (Å²) in [5, 5.41) is 2.85. The zero-order valence-corrected chi connectivity index (χ0v) is 14.3. The maximum absolute atomic E-state index is 12.1. The predicted octanol–water partition coefficient (Wildman–Crippen LogP) is 4.81. The number of hydrogen-bond donors (Lipinski definition) is 2. The van der Waals surface area contributed by atoms with Crippen molar-refractivity contribution < 1.29 is 4.79 Å². The molecule has 0 unspecified atom stereocenters. The maximum Gasteiger partial charge on any atom is 0.255 e. The Bertz CT molecular complexity index is 603. The molecule has 2 aromatic rings. The van der Waals surface area contributed by atoms with Crippen LogP contribution in [0.4, 0.5) is 11.4 Å². The number of hydrogen-bond acceptors (Lipinski definition) is 2. The highest BCUT2D eigenvalue weighted by molar-refractivity contribution is 9.11. The summed E-state index contributed by atoms with van der Waals surface area (Å²) in [5.41, 5.74) is 7.46. The van der Waals surface area contributed by atoms with Gasteiger partial charge in [-0.25, -0.2) is 0 Å². The second-order valence-corrected chi connectivity index (χ2v) is 6.44. The molecule has 6 heteroatoms. The summed E-state index contributed by atoms with van der Waals surface area (Å²) in [6.45, 7) is 0. The van der Waals surface area contributed by atoms with E-state index in [0.717, 1.165) is 13.4 Å². The van der Waals surface area contributed by atoms with Crippen LogP contribution in [0.3, 0.4) is 0 Å². The number of nitrogens with two attached hydrogens (primary N) is 1. The molecule has 0 aliphatic carbocycles. The zero-order valence-electron chi connectivity index (χ0n) is 9.58. The van der Waals surface area contributed by atoms with Gasteiger partial charge in [-0.1, -0.05) is 15.9 Å². The summed E-state index contributed by atoms with van der Waals surface area (Å²) in [6, 6.07) is 10.5. The van der Waals surface area contributed by atoms with Gasteiger partial charge in [0.1, 0.15) is 0 Å². The molecule has 0 saturated carbocycles. The van der Waals surface area contributed by atoms with Crippen molar-refractivity contribution in [1.82, 2.24) is 0 Å². The third-order valence-electron chi connectivity index (χ3n) is 2.42. The fraction of sp³-hybridized carbons (Fsp3) is 0. The van der Waals surface area contributed by atoms with E-state index in [2.05, 4.69) is 53.1 Å². The molecule has 3 nitrogen and oxygen atoms in total. The van der Waals surface area contributed by atoms with Crippen LogP contribution < -0.4 is 11.1 Å². The monoisotopic (exact) mass is 446 g/mol. The third-order valence-corrected chi connectivity index (χ3v) is 4.13. The summed E-state index contributed by atoms with van der Waals surface area (Å²) in [7, 11) is 0. The van der Waals surface area contributed by atoms with E-state index in [-0.39, 0.29) is 5.91 Å². The van der Waals surface area contributed by atoms with E-state index < -0.39 is 0 Å². The van der Waals surface area contributed by atoms with Crippen LogP contribution in [0.5, 0.6) is 0 Å². The Hall–Kier alpha value is -0.850. The van der Waals surface area contributed by atoms with E-state index in [1.807, 2.05) is 12.1 Å². The van der Waals surface area contributed by atoms with Crippen LogP contribution in [0.15, 0.2) is 49.8 Å². The average Bonchev–Trinajstić information content (AvgIpc) is 2.34. The first kappa shape index (κ1) is 14.6. The highest BCUT2D eigenvalue weighted by atomic mass is 79.9. The number of nitrogen functional groups attached to an aromatic ring is 1. The van der Waals surface area contributed by atoms with Crippen LogP contribution in [-0.2, 0) is 0 Å². The second kappa shape index (κ2) is 6.07. The first-order valence-corrected chi connectivity index (χ1v) is 7.66. The molecule has 0 radical (unpaired) electrons. The zero-order chi connectivity index (χ0) is 14.0. The Morgan fingerprint density at radius 1 is 1.00 bits per heavy atom. The van der Waals surface area contributed by atoms with E-state index in [4.69, 9.17) is 5.73 Å². The molecule has 0 spiro atoms. The van der Waals surface area contributed by atoms with Gasteiger partial charge in [0.15, 0.2) is 0 Å². The van der Waals surface area contributed by atoms with Gasteiger partial charge < -0.3 is 11.1 Å². The molecule has 0 atom stereocenters. The minimum absolute atomic E-state index is 0.191. The number of carbonyl (C=O) groups excluding carboxylic acids is 1. The lowest BCUT2D eigenvalue weighted by atomic mass is 10.2. The van der Waals surface area contributed by atoms with Crippen molar-refractivity contribution in [3.05, 3.63) is 55.4 Å². The first-order chi connectivity index (χ1) is 8.97. The van der Waals surface area contributed by atoms with E-state index in [1.54, 1.807) is 24.3 Å². The number of carbonyl (C=O) groups is 1. The Labute approximate surface area is 136 Å². The van der Waals surface area contributed by atoms with Gasteiger partial charge in [0, 0.05) is 24.7 Å². The molecule has 2 aromatic carbocycles. The van der Waals surface area contributed by atoms with Crippen LogP contribution in [-0.4, -0.2) is 5.91 Å². The number of amides is 1. The van der Waals surface area contributed by atoms with Crippen LogP contribution in [0.25, 0.3) is 0 Å². The minimum atomic E-state index is -0.191. The SMILES string of the molecule is Nc1ccc(C(=O)Nc2c(Br)cc(Br)cc2Br)cc1. The Kier molecular flexibility index (Phi) is 4.65. The van der Waals surface area contributed by atoms with Crippen molar-refractivity contribution in [2.24, 2.45) is 0 Å². The molecule has 19 heavy (non-hydrogen) atoms. The van der Waals surface area contributed by atoms with Gasteiger partial charge in [-0.05, 0) is 68.3 Å². The molecule has 0 bridgehead atoms. The van der Waals surface area contributed by atoms with Gasteiger partial charge in [-0.15, -0.1) is 0 Å². The summed E-state index contributed by atoms with van der Waals surface area (Å²) in [5.74, 6) is -0.191. The molecule has 3 N–H and O–H groups in total. The summed E-state index contributed by atoms with van der Waals surface area (Å²) in [4.78, 5) is 12.1. The lowest BCUT2D eigenvalue weighted by Gasteiger charge is -2.10. The van der Waals surface area contributed by atoms with E-state index >= 15 is 0 Å². The van der Waals surface area contributed by atoms with Gasteiger partial charge in [0.05, 0.1) is 5.69 Å². The highest BCUT2D eigenvalue weighted by Crippen LogP contribution is 2.34. The van der Waals surface area contributed by atoms with Gasteiger partial charge in [0.25, 0.3) is 5.91 Å². The first-order valence-electron chi connectivity index (χ1n) is 5.29. The predicted molar refractivity (Wildman–Crippen MR) is 88.3 cm³/mol. The maximum atomic E-state index is 12.1. The molecule has 0 aliphatic rings. The largest absolute Gasteiger partial charge is 0.399 e. The van der Waals surface area contributed by atoms with E-state index in [0.29, 0.717) is 16.9 Å². The van der Waals surface area contributed by atoms with Gasteiger partial charge in [-0.2, -0.15) is 0 Å². The molecule has 0 saturated heterocycles. The van der Waals surface area contributed by atoms with Gasteiger partial charge >= 0.3 is 0 Å². The third kappa shape index (κ3) is 3.58. The van der Waals surface area contributed by atoms with Crippen LogP contribution in [0.1, 0.15) is 10.4 Å². The van der Waals surface area contributed by atoms with Crippen LogP contribution >= 0.6 is 47.8 Å². The van der Waals surface area contributed by atoms with E-state index in [9.17, 15) is 4.79 Å². The molecule has 1 amide bonds. The Morgan fingerprint density at radius 2 is 1.53 bits per heavy atom. The van der Waals surface area contributed by atoms with Crippen LogP contribution in [0, 0.1) is 0 Å². The lowest BCUT2D eigenvalue weighted by Crippen LogP contribution is -2.12. The summed E-state index contributed by atoms with van der Waals surface area (Å²) >= 11 is 10.2. The number of halogens is 3. The summed E-state index contributed by atoms with van der Waals surface area (Å²) in [6.07, 6.45) is 0. The molecular formula is C13H9Br3N2O. The molecular weight excluding hydrogens is 440 g/mol. The molecule has 98 valence electrons. The Balaban J connectivity index is 2.26. The van der Waals surface area contributed by atoms with Crippen molar-refractivity contribution in [1.29, 1.82) is 0 Å². The number of rotatable bonds is 2. The molecule has 0 fully saturated rings. The van der Waals surface area contributed by atoms with E-state index in [1.165, 1.54) is 0 Å². The quantitative estimate of drug-likeness (QED) is 0.648. The lowest BCUT2D eigenvalue weighted by molar-refractivity contribution is 0.102. The molecule has 0 aromatic heterocycles. The number of benzene rings is 2. The summed E-state index contributed by atoms with van der Waals surface area (Å²) < 4.78 is 2.49. The average molecular weight is 449 g/mol. The smallest absolute Gasteiger partial charge is 0.255 e. The number of nitrogens with one attached hydrogen (secondary N) is 1. The van der Waals surface area contributed by atoms with Crippen molar-refractivity contribution in [2.45, 2.75) is 0 Å². The van der Waals surface area contributed by atoms with Crippen molar-refractivity contribution >= 4 is 65.1 Å². The second-order valence-electron chi connectivity index (χ2n) is 3.82. The standard InChI is InChI=1S/C13H9Br3N2O/c14-8-5-10(15)12(11(16)6-8)18-13(19)7-1-3-9(17)4-2-7/h1-6H,17H2,(H,18,19). The Morgan fingerprint density at radius 3 is 2.05 bits per heavy atom. The van der Waals surface area contributed by atoms with Crippen molar-refractivity contribution in [3.8, 4) is 0 Å². The van der Waals surface area contributed by atoms with Crippen LogP contribution in [0.2, 0.25) is 0 Å². The number of anilines is 2. The molecule has 0 heterocycles. The molecule has 0 aliphatic heterocycles. The normalized spacial score (nSPS) is 10.3. The minimum Gasteiger partial charge on any atom is -0.399 e. The van der Waals surface area contributed by atoms with Crippen molar-refractivity contribution in [2.75, 3.05) is 11.1 Å². The van der Waals surface area contributed by atoms with Crippen molar-refractivity contribution in [3.63, 3.8) is 0 Å². The fourth-order valence-electron chi connectivity index (χ4n) is 1.48.